The van der Waals surface area contributed by atoms with E-state index in [1.54, 1.807) is 6.92 Å². The molecule has 1 aromatic carbocycles. The lowest BCUT2D eigenvalue weighted by molar-refractivity contribution is -0.138. The van der Waals surface area contributed by atoms with Gasteiger partial charge in [-0.05, 0) is 31.5 Å². The fourth-order valence-electron chi connectivity index (χ4n) is 1.18. The Bertz CT molecular complexity index is 588. The van der Waals surface area contributed by atoms with E-state index in [4.69, 9.17) is 5.11 Å². The van der Waals surface area contributed by atoms with Crippen LogP contribution in [0.5, 0.6) is 0 Å². The number of sulfonamides is 1. The molecule has 1 atom stereocenters. The molecule has 0 saturated carbocycles. The fraction of sp³-hybridized carbons (Fsp3) is 0.300. The number of carboxylic acid groups (broad SMARTS) is 1. The van der Waals surface area contributed by atoms with Crippen molar-refractivity contribution in [3.8, 4) is 0 Å². The van der Waals surface area contributed by atoms with Crippen LogP contribution < -0.4 is 4.72 Å². The number of carbonyl (C=O) groups is 1. The van der Waals surface area contributed by atoms with Gasteiger partial charge in [0.1, 0.15) is 16.8 Å². The van der Waals surface area contributed by atoms with Crippen LogP contribution in [0.15, 0.2) is 21.5 Å². The normalized spacial score (nSPS) is 13.3. The Labute approximate surface area is 112 Å². The molecule has 8 heteroatoms. The molecule has 0 fully saturated rings. The van der Waals surface area contributed by atoms with Crippen molar-refractivity contribution in [3.63, 3.8) is 0 Å². The van der Waals surface area contributed by atoms with Crippen molar-refractivity contribution in [1.29, 1.82) is 0 Å². The van der Waals surface area contributed by atoms with Gasteiger partial charge in [-0.3, -0.25) is 4.79 Å². The Morgan fingerprint density at radius 1 is 1.50 bits per heavy atom. The summed E-state index contributed by atoms with van der Waals surface area (Å²) in [6, 6.07) is 0.824. The maximum absolute atomic E-state index is 13.6. The van der Waals surface area contributed by atoms with E-state index >= 15 is 0 Å². The summed E-state index contributed by atoms with van der Waals surface area (Å²) in [4.78, 5) is 10.0. The van der Waals surface area contributed by atoms with Crippen molar-refractivity contribution < 1.29 is 22.7 Å². The first-order valence-corrected chi connectivity index (χ1v) is 7.13. The van der Waals surface area contributed by atoms with Crippen LogP contribution in [-0.2, 0) is 14.8 Å². The van der Waals surface area contributed by atoms with Crippen molar-refractivity contribution >= 4 is 31.9 Å². The second-order valence-corrected chi connectivity index (χ2v) is 6.25. The molecule has 0 heterocycles. The number of hydrogen-bond acceptors (Lipinski definition) is 3. The predicted octanol–water partition coefficient (Wildman–Crippen LogP) is 1.65. The smallest absolute Gasteiger partial charge is 0.321 e. The van der Waals surface area contributed by atoms with E-state index in [1.807, 2.05) is 4.72 Å². The van der Waals surface area contributed by atoms with Gasteiger partial charge in [0, 0.05) is 4.47 Å². The fourth-order valence-corrected chi connectivity index (χ4v) is 2.84. The minimum atomic E-state index is -4.20. The molecule has 0 bridgehead atoms. The van der Waals surface area contributed by atoms with Gasteiger partial charge in [0.15, 0.2) is 0 Å². The third kappa shape index (κ3) is 3.27. The van der Waals surface area contributed by atoms with Gasteiger partial charge in [0.05, 0.1) is 0 Å². The molecule has 5 nitrogen and oxygen atoms in total. The second kappa shape index (κ2) is 5.33. The van der Waals surface area contributed by atoms with Gasteiger partial charge in [-0.1, -0.05) is 15.9 Å². The molecule has 0 unspecified atom stereocenters. The van der Waals surface area contributed by atoms with Crippen LogP contribution in [0.2, 0.25) is 0 Å². The molecule has 18 heavy (non-hydrogen) atoms. The zero-order valence-corrected chi connectivity index (χ0v) is 12.0. The molecule has 1 aromatic rings. The summed E-state index contributed by atoms with van der Waals surface area (Å²) in [5, 5.41) is 8.63. The Hall–Kier alpha value is -0.990. The molecule has 0 aliphatic rings. The van der Waals surface area contributed by atoms with Gasteiger partial charge in [0.2, 0.25) is 10.0 Å². The van der Waals surface area contributed by atoms with Gasteiger partial charge in [-0.15, -0.1) is 0 Å². The first-order chi connectivity index (χ1) is 8.15. The molecule has 0 radical (unpaired) electrons. The number of nitrogens with one attached hydrogen (secondary N) is 1. The molecule has 0 aromatic heterocycles. The van der Waals surface area contributed by atoms with Crippen LogP contribution >= 0.6 is 15.9 Å². The third-order valence-electron chi connectivity index (χ3n) is 2.21. The average Bonchev–Trinajstić information content (AvgIpc) is 2.22. The van der Waals surface area contributed by atoms with Gasteiger partial charge in [-0.25, -0.2) is 12.8 Å². The number of carboxylic acids is 1. The van der Waals surface area contributed by atoms with Crippen LogP contribution in [0.1, 0.15) is 12.5 Å². The number of hydrogen-bond donors (Lipinski definition) is 2. The molecule has 100 valence electrons. The highest BCUT2D eigenvalue weighted by Gasteiger charge is 2.25. The SMILES string of the molecule is Cc1cc(S(=O)(=O)N[C@H](C)C(=O)O)c(F)cc1Br. The number of aryl methyl sites for hydroxylation is 1. The van der Waals surface area contributed by atoms with E-state index < -0.39 is 32.7 Å². The van der Waals surface area contributed by atoms with Crippen molar-refractivity contribution in [3.05, 3.63) is 28.0 Å². The Kier molecular flexibility index (Phi) is 4.46. The molecule has 0 spiro atoms. The van der Waals surface area contributed by atoms with E-state index in [0.29, 0.717) is 10.0 Å². The summed E-state index contributed by atoms with van der Waals surface area (Å²) in [5.41, 5.74) is 0.528. The number of rotatable bonds is 4. The highest BCUT2D eigenvalue weighted by atomic mass is 79.9. The summed E-state index contributed by atoms with van der Waals surface area (Å²) >= 11 is 3.07. The highest BCUT2D eigenvalue weighted by molar-refractivity contribution is 9.10. The zero-order chi connectivity index (χ0) is 14.1. The average molecular weight is 340 g/mol. The first kappa shape index (κ1) is 15.1. The van der Waals surface area contributed by atoms with E-state index in [0.717, 1.165) is 19.1 Å². The standard InChI is InChI=1S/C10H11BrFNO4S/c1-5-3-9(8(12)4-7(5)11)18(16,17)13-6(2)10(14)15/h3-4,6,13H,1-2H3,(H,14,15)/t6-/m1/s1. The zero-order valence-electron chi connectivity index (χ0n) is 9.57. The van der Waals surface area contributed by atoms with Gasteiger partial charge in [0.25, 0.3) is 0 Å². The molecule has 0 aliphatic heterocycles. The molecular weight excluding hydrogens is 329 g/mol. The topological polar surface area (TPSA) is 83.5 Å². The molecule has 0 saturated heterocycles. The quantitative estimate of drug-likeness (QED) is 0.873. The summed E-state index contributed by atoms with van der Waals surface area (Å²) in [6.07, 6.45) is 0. The van der Waals surface area contributed by atoms with Crippen molar-refractivity contribution in [2.24, 2.45) is 0 Å². The monoisotopic (exact) mass is 339 g/mol. The lowest BCUT2D eigenvalue weighted by Crippen LogP contribution is -2.38. The van der Waals surface area contributed by atoms with Crippen LogP contribution in [-0.4, -0.2) is 25.5 Å². The number of aliphatic carboxylic acids is 1. The van der Waals surface area contributed by atoms with Crippen LogP contribution in [0.3, 0.4) is 0 Å². The van der Waals surface area contributed by atoms with E-state index in [1.165, 1.54) is 0 Å². The van der Waals surface area contributed by atoms with E-state index in [2.05, 4.69) is 15.9 Å². The lowest BCUT2D eigenvalue weighted by atomic mass is 10.2. The second-order valence-electron chi connectivity index (χ2n) is 3.71. The Morgan fingerprint density at radius 2 is 2.06 bits per heavy atom. The summed E-state index contributed by atoms with van der Waals surface area (Å²) in [5.74, 6) is -2.29. The molecule has 0 amide bonds. The lowest BCUT2D eigenvalue weighted by Gasteiger charge is -2.12. The molecule has 1 rings (SSSR count). The number of benzene rings is 1. The molecule has 2 N–H and O–H groups in total. The van der Waals surface area contributed by atoms with Crippen molar-refractivity contribution in [2.75, 3.05) is 0 Å². The molecule has 0 aliphatic carbocycles. The highest BCUT2D eigenvalue weighted by Crippen LogP contribution is 2.23. The summed E-state index contributed by atoms with van der Waals surface area (Å²) in [7, 11) is -4.20. The summed E-state index contributed by atoms with van der Waals surface area (Å²) < 4.78 is 39.5. The molecular formula is C10H11BrFNO4S. The van der Waals surface area contributed by atoms with E-state index in [9.17, 15) is 17.6 Å². The maximum Gasteiger partial charge on any atom is 0.321 e. The van der Waals surface area contributed by atoms with Crippen LogP contribution in [0.4, 0.5) is 4.39 Å². The van der Waals surface area contributed by atoms with Gasteiger partial charge < -0.3 is 5.11 Å². The first-order valence-electron chi connectivity index (χ1n) is 4.86. The number of halogens is 2. The minimum Gasteiger partial charge on any atom is -0.480 e. The van der Waals surface area contributed by atoms with Gasteiger partial charge in [-0.2, -0.15) is 4.72 Å². The van der Waals surface area contributed by atoms with Crippen LogP contribution in [0, 0.1) is 12.7 Å². The minimum absolute atomic E-state index is 0.435. The summed E-state index contributed by atoms with van der Waals surface area (Å²) in [6.45, 7) is 2.76. The largest absolute Gasteiger partial charge is 0.480 e. The maximum atomic E-state index is 13.6. The van der Waals surface area contributed by atoms with Crippen LogP contribution in [0.25, 0.3) is 0 Å². The predicted molar refractivity (Wildman–Crippen MR) is 66.3 cm³/mol. The Morgan fingerprint density at radius 3 is 2.56 bits per heavy atom. The van der Waals surface area contributed by atoms with Gasteiger partial charge >= 0.3 is 5.97 Å². The van der Waals surface area contributed by atoms with Crippen molar-refractivity contribution in [1.82, 2.24) is 4.72 Å². The van der Waals surface area contributed by atoms with Crippen molar-refractivity contribution in [2.45, 2.75) is 24.8 Å². The third-order valence-corrected chi connectivity index (χ3v) is 4.62. The Balaban J connectivity index is 3.21. The van der Waals surface area contributed by atoms with E-state index in [-0.39, 0.29) is 0 Å².